The van der Waals surface area contributed by atoms with Crippen molar-refractivity contribution in [3.63, 3.8) is 0 Å². The topological polar surface area (TPSA) is 88.0 Å². The largest absolute Gasteiger partial charge is 0.382 e. The molecule has 0 bridgehead atoms. The average molecular weight is 363 g/mol. The van der Waals surface area contributed by atoms with Gasteiger partial charge in [-0.15, -0.1) is 22.7 Å². The van der Waals surface area contributed by atoms with Crippen molar-refractivity contribution < 1.29 is 0 Å². The van der Waals surface area contributed by atoms with Crippen LogP contribution < -0.4 is 5.73 Å². The monoisotopic (exact) mass is 363 g/mol. The molecule has 1 aromatic carbocycles. The van der Waals surface area contributed by atoms with Crippen molar-refractivity contribution in [2.45, 2.75) is 0 Å². The van der Waals surface area contributed by atoms with Gasteiger partial charge in [-0.2, -0.15) is 0 Å². The van der Waals surface area contributed by atoms with Gasteiger partial charge in [0.1, 0.15) is 17.2 Å². The number of pyridine rings is 1. The van der Waals surface area contributed by atoms with Gasteiger partial charge in [0.2, 0.25) is 0 Å². The number of thiophene rings is 1. The third-order valence-corrected chi connectivity index (χ3v) is 5.73. The quantitative estimate of drug-likeness (QED) is 0.416. The number of nitrogens with two attached hydrogens (primary N) is 1. The predicted molar refractivity (Wildman–Crippen MR) is 106 cm³/mol. The van der Waals surface area contributed by atoms with Gasteiger partial charge in [0.15, 0.2) is 0 Å². The lowest BCUT2D eigenvalue weighted by atomic mass is 10.1. The number of amidine groups is 1. The number of fused-ring (bicyclic) bond motifs is 1. The third-order valence-electron chi connectivity index (χ3n) is 3.68. The normalized spacial score (nSPS) is 11.8. The van der Waals surface area contributed by atoms with Crippen molar-refractivity contribution in [2.75, 3.05) is 0 Å². The van der Waals surface area contributed by atoms with Gasteiger partial charge in [-0.05, 0) is 17.5 Å². The SMILES string of the molecule is N=CN=C(N)c1sc(-c2ccnc3ccsc23)nc1-c1ccccc1. The lowest BCUT2D eigenvalue weighted by Crippen LogP contribution is -2.12. The van der Waals surface area contributed by atoms with Crippen molar-refractivity contribution in [3.05, 3.63) is 58.9 Å². The van der Waals surface area contributed by atoms with Crippen LogP contribution in [0.25, 0.3) is 32.0 Å². The van der Waals surface area contributed by atoms with E-state index in [0.717, 1.165) is 43.3 Å². The molecule has 4 rings (SSSR count). The second-order valence-corrected chi connectivity index (χ2v) is 7.11. The molecule has 5 nitrogen and oxygen atoms in total. The number of aromatic nitrogens is 2. The Morgan fingerprint density at radius 1 is 1.16 bits per heavy atom. The van der Waals surface area contributed by atoms with Crippen LogP contribution in [-0.2, 0) is 0 Å². The molecule has 0 saturated carbocycles. The fourth-order valence-electron chi connectivity index (χ4n) is 2.57. The van der Waals surface area contributed by atoms with Crippen LogP contribution in [0, 0.1) is 5.41 Å². The highest BCUT2D eigenvalue weighted by atomic mass is 32.1. The summed E-state index contributed by atoms with van der Waals surface area (Å²) >= 11 is 3.13. The third kappa shape index (κ3) is 2.84. The lowest BCUT2D eigenvalue weighted by Gasteiger charge is -2.00. The summed E-state index contributed by atoms with van der Waals surface area (Å²) in [6.45, 7) is 0. The fraction of sp³-hybridized carbons (Fsp3) is 0. The van der Waals surface area contributed by atoms with Gasteiger partial charge in [-0.3, -0.25) is 10.4 Å². The summed E-state index contributed by atoms with van der Waals surface area (Å²) in [7, 11) is 0. The molecule has 122 valence electrons. The number of thiazole rings is 1. The molecular weight excluding hydrogens is 350 g/mol. The van der Waals surface area contributed by atoms with Crippen LogP contribution in [0.5, 0.6) is 0 Å². The van der Waals surface area contributed by atoms with Gasteiger partial charge < -0.3 is 5.73 Å². The zero-order valence-electron chi connectivity index (χ0n) is 13.0. The van der Waals surface area contributed by atoms with E-state index in [-0.39, 0.29) is 0 Å². The molecule has 0 atom stereocenters. The molecule has 0 amide bonds. The molecule has 3 aromatic heterocycles. The number of benzene rings is 1. The van der Waals surface area contributed by atoms with Gasteiger partial charge in [-0.1, -0.05) is 30.3 Å². The highest BCUT2D eigenvalue weighted by Crippen LogP contribution is 2.37. The first-order chi connectivity index (χ1) is 12.3. The van der Waals surface area contributed by atoms with Crippen LogP contribution in [0.1, 0.15) is 4.88 Å². The summed E-state index contributed by atoms with van der Waals surface area (Å²) in [5.41, 5.74) is 9.84. The van der Waals surface area contributed by atoms with E-state index in [0.29, 0.717) is 5.84 Å². The number of nitrogens with one attached hydrogen (secondary N) is 1. The van der Waals surface area contributed by atoms with Crippen molar-refractivity contribution in [2.24, 2.45) is 10.7 Å². The molecule has 0 unspecified atom stereocenters. The molecule has 0 spiro atoms. The zero-order valence-corrected chi connectivity index (χ0v) is 14.6. The number of hydrogen-bond donors (Lipinski definition) is 2. The van der Waals surface area contributed by atoms with Crippen LogP contribution in [0.4, 0.5) is 0 Å². The van der Waals surface area contributed by atoms with Gasteiger partial charge in [0.25, 0.3) is 0 Å². The molecule has 3 heterocycles. The van der Waals surface area contributed by atoms with Gasteiger partial charge in [-0.25, -0.2) is 9.98 Å². The van der Waals surface area contributed by atoms with Crippen LogP contribution in [0.3, 0.4) is 0 Å². The first-order valence-electron chi connectivity index (χ1n) is 7.49. The molecular formula is C18H13N5S2. The van der Waals surface area contributed by atoms with E-state index in [1.165, 1.54) is 11.3 Å². The molecule has 3 N–H and O–H groups in total. The number of nitrogens with zero attached hydrogens (tertiary/aromatic N) is 3. The molecule has 0 radical (unpaired) electrons. The van der Waals surface area contributed by atoms with E-state index < -0.39 is 0 Å². The maximum atomic E-state index is 7.20. The molecule has 7 heteroatoms. The molecule has 25 heavy (non-hydrogen) atoms. The minimum absolute atomic E-state index is 0.300. The number of aliphatic imine (C=N–C) groups is 1. The summed E-state index contributed by atoms with van der Waals surface area (Å²) in [5.74, 6) is 0.300. The van der Waals surface area contributed by atoms with Crippen LogP contribution in [0.15, 0.2) is 59.0 Å². The van der Waals surface area contributed by atoms with Crippen molar-refractivity contribution >= 4 is 45.1 Å². The lowest BCUT2D eigenvalue weighted by molar-refractivity contribution is 1.38. The number of hydrogen-bond acceptors (Lipinski definition) is 5. The van der Waals surface area contributed by atoms with E-state index in [4.69, 9.17) is 16.1 Å². The Morgan fingerprint density at radius 3 is 2.80 bits per heavy atom. The second kappa shape index (κ2) is 6.54. The van der Waals surface area contributed by atoms with Crippen LogP contribution in [-0.4, -0.2) is 22.1 Å². The average Bonchev–Trinajstić information content (AvgIpc) is 3.29. The van der Waals surface area contributed by atoms with E-state index in [9.17, 15) is 0 Å². The highest BCUT2D eigenvalue weighted by molar-refractivity contribution is 7.20. The van der Waals surface area contributed by atoms with E-state index in [2.05, 4.69) is 9.98 Å². The second-order valence-electron chi connectivity index (χ2n) is 5.20. The Labute approximate surface area is 152 Å². The minimum Gasteiger partial charge on any atom is -0.382 e. The van der Waals surface area contributed by atoms with Gasteiger partial charge in [0.05, 0.1) is 20.8 Å². The summed E-state index contributed by atoms with van der Waals surface area (Å²) < 4.78 is 1.10. The van der Waals surface area contributed by atoms with Crippen LogP contribution in [0.2, 0.25) is 0 Å². The van der Waals surface area contributed by atoms with E-state index in [1.807, 2.05) is 47.8 Å². The summed E-state index contributed by atoms with van der Waals surface area (Å²) in [6, 6.07) is 13.9. The zero-order chi connectivity index (χ0) is 17.2. The fourth-order valence-corrected chi connectivity index (χ4v) is 4.53. The molecule has 0 aliphatic carbocycles. The summed E-state index contributed by atoms with van der Waals surface area (Å²) in [5, 5.41) is 10.1. The van der Waals surface area contributed by atoms with E-state index >= 15 is 0 Å². The Balaban J connectivity index is 1.95. The summed E-state index contributed by atoms with van der Waals surface area (Å²) in [4.78, 5) is 13.9. The first-order valence-corrected chi connectivity index (χ1v) is 9.19. The smallest absolute Gasteiger partial charge is 0.144 e. The minimum atomic E-state index is 0.300. The first kappa shape index (κ1) is 15.6. The predicted octanol–water partition coefficient (Wildman–Crippen LogP) is 4.40. The highest BCUT2D eigenvalue weighted by Gasteiger charge is 2.18. The van der Waals surface area contributed by atoms with Crippen molar-refractivity contribution in [1.29, 1.82) is 5.41 Å². The van der Waals surface area contributed by atoms with Crippen molar-refractivity contribution in [1.82, 2.24) is 9.97 Å². The van der Waals surface area contributed by atoms with Gasteiger partial charge in [0, 0.05) is 17.3 Å². The Morgan fingerprint density at radius 2 is 2.00 bits per heavy atom. The van der Waals surface area contributed by atoms with Gasteiger partial charge >= 0.3 is 0 Å². The molecule has 0 aliphatic rings. The molecule has 0 aliphatic heterocycles. The maximum absolute atomic E-state index is 7.20. The van der Waals surface area contributed by atoms with E-state index in [1.54, 1.807) is 17.5 Å². The molecule has 0 saturated heterocycles. The molecule has 4 aromatic rings. The Hall–Kier alpha value is -2.90. The van der Waals surface area contributed by atoms with Crippen LogP contribution >= 0.6 is 22.7 Å². The Bertz CT molecular complexity index is 1080. The standard InChI is InChI=1S/C18H13N5S2/c19-10-22-17(20)16-14(11-4-2-1-3-5-11)23-18(25-16)12-6-8-21-13-7-9-24-15(12)13/h1-10H,(H3,19,20,22). The number of rotatable bonds is 4. The maximum Gasteiger partial charge on any atom is 0.144 e. The Kier molecular flexibility index (Phi) is 4.09. The van der Waals surface area contributed by atoms with Crippen molar-refractivity contribution in [3.8, 4) is 21.8 Å². The summed E-state index contributed by atoms with van der Waals surface area (Å²) in [6.07, 6.45) is 2.75. The molecule has 0 fully saturated rings.